The molecule has 1 amide bonds. The third-order valence-electron chi connectivity index (χ3n) is 4.95. The second-order valence-electron chi connectivity index (χ2n) is 7.26. The Morgan fingerprint density at radius 1 is 1.00 bits per heavy atom. The van der Waals surface area contributed by atoms with E-state index in [4.69, 9.17) is 0 Å². The van der Waals surface area contributed by atoms with Crippen molar-refractivity contribution in [2.45, 2.75) is 56.9 Å². The van der Waals surface area contributed by atoms with Gasteiger partial charge in [-0.1, -0.05) is 37.5 Å². The first kappa shape index (κ1) is 19.4. The van der Waals surface area contributed by atoms with Gasteiger partial charge in [-0.15, -0.1) is 0 Å². The van der Waals surface area contributed by atoms with Crippen molar-refractivity contribution in [3.63, 3.8) is 0 Å². The average Bonchev–Trinajstić information content (AvgIpc) is 2.62. The molecule has 2 aromatic carbocycles. The molecule has 0 radical (unpaired) electrons. The number of rotatable bonds is 5. The summed E-state index contributed by atoms with van der Waals surface area (Å²) in [4.78, 5) is 12.7. The number of amides is 1. The number of anilines is 1. The topological polar surface area (TPSA) is 75.3 Å². The van der Waals surface area contributed by atoms with Crippen LogP contribution < -0.4 is 10.0 Å². The van der Waals surface area contributed by atoms with Crippen LogP contribution in [-0.2, 0) is 10.0 Å². The third-order valence-corrected chi connectivity index (χ3v) is 6.47. The van der Waals surface area contributed by atoms with Crippen LogP contribution in [0.4, 0.5) is 5.69 Å². The molecule has 0 bridgehead atoms. The molecule has 2 aromatic rings. The zero-order valence-electron chi connectivity index (χ0n) is 15.8. The van der Waals surface area contributed by atoms with Gasteiger partial charge in [0.2, 0.25) is 0 Å². The van der Waals surface area contributed by atoms with Crippen LogP contribution in [0.2, 0.25) is 0 Å². The van der Waals surface area contributed by atoms with E-state index in [9.17, 15) is 13.2 Å². The number of carbonyl (C=O) groups excluding carboxylic acids is 1. The van der Waals surface area contributed by atoms with E-state index in [0.717, 1.165) is 31.2 Å². The minimum absolute atomic E-state index is 0.125. The highest BCUT2D eigenvalue weighted by atomic mass is 32.2. The lowest BCUT2D eigenvalue weighted by atomic mass is 9.95. The van der Waals surface area contributed by atoms with Gasteiger partial charge in [0.25, 0.3) is 15.9 Å². The van der Waals surface area contributed by atoms with E-state index in [2.05, 4.69) is 10.0 Å². The molecule has 0 spiro atoms. The van der Waals surface area contributed by atoms with Crippen LogP contribution in [-0.4, -0.2) is 20.4 Å². The van der Waals surface area contributed by atoms with Crippen molar-refractivity contribution in [3.8, 4) is 0 Å². The van der Waals surface area contributed by atoms with Crippen LogP contribution in [0.1, 0.15) is 53.6 Å². The Balaban J connectivity index is 1.82. The number of hydrogen-bond donors (Lipinski definition) is 2. The summed E-state index contributed by atoms with van der Waals surface area (Å²) >= 11 is 0. The molecule has 0 saturated heterocycles. The van der Waals surface area contributed by atoms with E-state index in [1.54, 1.807) is 37.3 Å². The lowest BCUT2D eigenvalue weighted by molar-refractivity contribution is 0.0927. The Morgan fingerprint density at radius 2 is 1.74 bits per heavy atom. The van der Waals surface area contributed by atoms with Crippen LogP contribution in [0.25, 0.3) is 0 Å². The fraction of sp³-hybridized carbons (Fsp3) is 0.381. The minimum Gasteiger partial charge on any atom is -0.349 e. The first-order valence-electron chi connectivity index (χ1n) is 9.36. The first-order chi connectivity index (χ1) is 12.8. The molecule has 27 heavy (non-hydrogen) atoms. The van der Waals surface area contributed by atoms with E-state index >= 15 is 0 Å². The minimum atomic E-state index is -3.78. The van der Waals surface area contributed by atoms with Gasteiger partial charge in [0.15, 0.2) is 0 Å². The van der Waals surface area contributed by atoms with Crippen LogP contribution in [0.5, 0.6) is 0 Å². The van der Waals surface area contributed by atoms with Crippen LogP contribution in [0.3, 0.4) is 0 Å². The Bertz CT molecular complexity index is 932. The number of sulfonamides is 1. The molecule has 2 N–H and O–H groups in total. The number of carbonyl (C=O) groups is 1. The molecule has 1 aliphatic rings. The molecule has 5 nitrogen and oxygen atoms in total. The maximum absolute atomic E-state index is 12.9. The van der Waals surface area contributed by atoms with Crippen molar-refractivity contribution in [1.82, 2.24) is 5.32 Å². The molecule has 0 heterocycles. The smallest absolute Gasteiger partial charge is 0.262 e. The van der Waals surface area contributed by atoms with Crippen LogP contribution >= 0.6 is 0 Å². The summed E-state index contributed by atoms with van der Waals surface area (Å²) in [7, 11) is -3.78. The average molecular weight is 387 g/mol. The predicted octanol–water partition coefficient (Wildman–Crippen LogP) is 4.17. The molecule has 0 atom stereocenters. The monoisotopic (exact) mass is 386 g/mol. The Kier molecular flexibility index (Phi) is 5.85. The van der Waals surface area contributed by atoms with Crippen LogP contribution in [0, 0.1) is 13.8 Å². The van der Waals surface area contributed by atoms with Gasteiger partial charge >= 0.3 is 0 Å². The molecule has 0 aliphatic heterocycles. The zero-order valence-corrected chi connectivity index (χ0v) is 16.6. The molecule has 1 saturated carbocycles. The van der Waals surface area contributed by atoms with E-state index in [1.165, 1.54) is 12.5 Å². The molecule has 1 aliphatic carbocycles. The van der Waals surface area contributed by atoms with Gasteiger partial charge in [-0.2, -0.15) is 0 Å². The van der Waals surface area contributed by atoms with Crippen molar-refractivity contribution in [1.29, 1.82) is 0 Å². The number of benzene rings is 2. The third kappa shape index (κ3) is 4.89. The summed E-state index contributed by atoms with van der Waals surface area (Å²) in [6, 6.07) is 12.2. The number of hydrogen-bond acceptors (Lipinski definition) is 3. The highest BCUT2D eigenvalue weighted by Gasteiger charge is 2.21. The van der Waals surface area contributed by atoms with E-state index in [1.807, 2.05) is 13.0 Å². The van der Waals surface area contributed by atoms with Gasteiger partial charge in [-0.3, -0.25) is 9.52 Å². The van der Waals surface area contributed by atoms with E-state index < -0.39 is 10.0 Å². The van der Waals surface area contributed by atoms with E-state index in [0.29, 0.717) is 16.8 Å². The summed E-state index contributed by atoms with van der Waals surface area (Å²) in [6.07, 6.45) is 5.43. The van der Waals surface area contributed by atoms with Crippen molar-refractivity contribution in [2.24, 2.45) is 0 Å². The van der Waals surface area contributed by atoms with Crippen molar-refractivity contribution in [2.75, 3.05) is 4.72 Å². The lowest BCUT2D eigenvalue weighted by Crippen LogP contribution is -2.36. The maximum Gasteiger partial charge on any atom is 0.262 e. The Morgan fingerprint density at radius 3 is 2.44 bits per heavy atom. The lowest BCUT2D eigenvalue weighted by Gasteiger charge is -2.23. The summed E-state index contributed by atoms with van der Waals surface area (Å²) in [5.41, 5.74) is 2.44. The molecule has 3 rings (SSSR count). The first-order valence-corrected chi connectivity index (χ1v) is 10.8. The fourth-order valence-corrected chi connectivity index (χ4v) is 4.79. The van der Waals surface area contributed by atoms with Gasteiger partial charge < -0.3 is 5.32 Å². The summed E-state index contributed by atoms with van der Waals surface area (Å²) in [6.45, 7) is 3.63. The highest BCUT2D eigenvalue weighted by Crippen LogP contribution is 2.22. The van der Waals surface area contributed by atoms with Gasteiger partial charge in [-0.05, 0) is 62.1 Å². The fourth-order valence-electron chi connectivity index (χ4n) is 3.47. The largest absolute Gasteiger partial charge is 0.349 e. The second-order valence-corrected chi connectivity index (χ2v) is 8.91. The standard InChI is InChI=1S/C21H26N2O3S/c1-15-7-6-10-19(13-15)23-27(25,26)20-14-17(12-11-16(20)2)21(24)22-18-8-4-3-5-9-18/h6-7,10-14,18,23H,3-5,8-9H2,1-2H3,(H,22,24). The molecule has 6 heteroatoms. The van der Waals surface area contributed by atoms with Gasteiger partial charge in [0, 0.05) is 17.3 Å². The summed E-state index contributed by atoms with van der Waals surface area (Å²) in [5.74, 6) is -0.214. The van der Waals surface area contributed by atoms with Crippen LogP contribution in [0.15, 0.2) is 47.4 Å². The van der Waals surface area contributed by atoms with Gasteiger partial charge in [0.1, 0.15) is 0 Å². The second kappa shape index (κ2) is 8.13. The zero-order chi connectivity index (χ0) is 19.4. The molecular weight excluding hydrogens is 360 g/mol. The Hall–Kier alpha value is -2.34. The predicted molar refractivity (Wildman–Crippen MR) is 108 cm³/mol. The normalized spacial score (nSPS) is 15.3. The summed E-state index contributed by atoms with van der Waals surface area (Å²) < 4.78 is 28.3. The van der Waals surface area contributed by atoms with Crippen molar-refractivity contribution < 1.29 is 13.2 Å². The Labute approximate surface area is 161 Å². The molecule has 0 unspecified atom stereocenters. The molecular formula is C21H26N2O3S. The maximum atomic E-state index is 12.9. The quantitative estimate of drug-likeness (QED) is 0.810. The van der Waals surface area contributed by atoms with Crippen molar-refractivity contribution >= 4 is 21.6 Å². The molecule has 0 aromatic heterocycles. The molecule has 1 fully saturated rings. The number of nitrogens with one attached hydrogen (secondary N) is 2. The number of aryl methyl sites for hydroxylation is 2. The van der Waals surface area contributed by atoms with Gasteiger partial charge in [-0.25, -0.2) is 8.42 Å². The summed E-state index contributed by atoms with van der Waals surface area (Å²) in [5, 5.41) is 3.04. The molecule has 144 valence electrons. The van der Waals surface area contributed by atoms with E-state index in [-0.39, 0.29) is 16.8 Å². The highest BCUT2D eigenvalue weighted by molar-refractivity contribution is 7.92. The van der Waals surface area contributed by atoms with Crippen molar-refractivity contribution in [3.05, 3.63) is 59.2 Å². The van der Waals surface area contributed by atoms with Gasteiger partial charge in [0.05, 0.1) is 4.90 Å². The SMILES string of the molecule is Cc1cccc(NS(=O)(=O)c2cc(C(=O)NC3CCCCC3)ccc2C)c1.